The lowest BCUT2D eigenvalue weighted by Crippen LogP contribution is -2.58. The molecule has 2 unspecified atom stereocenters. The molecule has 33 heavy (non-hydrogen) atoms. The molecule has 0 aromatic heterocycles. The molecular weight excluding hydrogens is 416 g/mol. The van der Waals surface area contributed by atoms with E-state index in [9.17, 15) is 14.4 Å². The maximum Gasteiger partial charge on any atom is 0.247 e. The zero-order valence-corrected chi connectivity index (χ0v) is 19.5. The van der Waals surface area contributed by atoms with Crippen LogP contribution in [0.4, 0.5) is 17.1 Å². The lowest BCUT2D eigenvalue weighted by atomic mass is 10.0. The third-order valence-corrected chi connectivity index (χ3v) is 6.61. The monoisotopic (exact) mass is 448 g/mol. The lowest BCUT2D eigenvalue weighted by Gasteiger charge is -2.41. The number of nitrogens with one attached hydrogen (secondary N) is 3. The molecule has 2 atom stereocenters. The van der Waals surface area contributed by atoms with E-state index in [0.29, 0.717) is 5.69 Å². The standard InChI is InChI=1S/C26H32N4O3/c1-16-12-13-20(17(2)14-16)28-24(31)15-23-26(33)29-21-10-6-7-11-22(21)30(23)18(3)25(32)27-19-8-4-5-9-19/h6-7,10-14,18-19,23H,4-5,8-9,15H2,1-3H3,(H,27,32)(H,28,31)(H,29,33). The van der Waals surface area contributed by atoms with Crippen LogP contribution in [0, 0.1) is 13.8 Å². The second-order valence-electron chi connectivity index (χ2n) is 9.17. The fourth-order valence-corrected chi connectivity index (χ4v) is 4.83. The number of rotatable bonds is 6. The summed E-state index contributed by atoms with van der Waals surface area (Å²) in [4.78, 5) is 41.0. The van der Waals surface area contributed by atoms with Crippen molar-refractivity contribution in [2.75, 3.05) is 15.5 Å². The van der Waals surface area contributed by atoms with Crippen molar-refractivity contribution in [2.45, 2.75) is 71.0 Å². The Kier molecular flexibility index (Phi) is 6.67. The van der Waals surface area contributed by atoms with Crippen molar-refractivity contribution >= 4 is 34.8 Å². The van der Waals surface area contributed by atoms with Gasteiger partial charge in [0.05, 0.1) is 17.8 Å². The largest absolute Gasteiger partial charge is 0.352 e. The van der Waals surface area contributed by atoms with E-state index >= 15 is 0 Å². The minimum atomic E-state index is -0.796. The van der Waals surface area contributed by atoms with Crippen LogP contribution < -0.4 is 20.9 Å². The van der Waals surface area contributed by atoms with Gasteiger partial charge in [-0.05, 0) is 57.4 Å². The Hall–Kier alpha value is -3.35. The first kappa shape index (κ1) is 22.8. The van der Waals surface area contributed by atoms with Gasteiger partial charge in [0, 0.05) is 11.7 Å². The fraction of sp³-hybridized carbons (Fsp3) is 0.423. The van der Waals surface area contributed by atoms with Gasteiger partial charge in [0.25, 0.3) is 0 Å². The molecule has 1 heterocycles. The van der Waals surface area contributed by atoms with E-state index in [1.807, 2.05) is 56.3 Å². The van der Waals surface area contributed by atoms with E-state index in [4.69, 9.17) is 0 Å². The van der Waals surface area contributed by atoms with Crippen LogP contribution in [0.1, 0.15) is 50.2 Å². The molecule has 7 heteroatoms. The van der Waals surface area contributed by atoms with E-state index in [2.05, 4.69) is 16.0 Å². The van der Waals surface area contributed by atoms with Gasteiger partial charge < -0.3 is 20.9 Å². The Labute approximate surface area is 194 Å². The summed E-state index contributed by atoms with van der Waals surface area (Å²) in [5.74, 6) is -0.675. The highest BCUT2D eigenvalue weighted by molar-refractivity contribution is 6.08. The number of benzene rings is 2. The van der Waals surface area contributed by atoms with Gasteiger partial charge in [0.15, 0.2) is 0 Å². The number of carbonyl (C=O) groups is 3. The first-order chi connectivity index (χ1) is 15.8. The number of amides is 3. The second-order valence-corrected chi connectivity index (χ2v) is 9.17. The first-order valence-corrected chi connectivity index (χ1v) is 11.7. The zero-order valence-electron chi connectivity index (χ0n) is 19.5. The topological polar surface area (TPSA) is 90.5 Å². The molecule has 1 saturated carbocycles. The van der Waals surface area contributed by atoms with E-state index in [1.54, 1.807) is 11.8 Å². The van der Waals surface area contributed by atoms with Crippen LogP contribution in [0.3, 0.4) is 0 Å². The summed E-state index contributed by atoms with van der Waals surface area (Å²) in [5.41, 5.74) is 4.19. The lowest BCUT2D eigenvalue weighted by molar-refractivity contribution is -0.125. The summed E-state index contributed by atoms with van der Waals surface area (Å²) in [6, 6.07) is 12.0. The summed E-state index contributed by atoms with van der Waals surface area (Å²) in [5, 5.41) is 8.97. The summed E-state index contributed by atoms with van der Waals surface area (Å²) in [7, 11) is 0. The van der Waals surface area contributed by atoms with E-state index < -0.39 is 12.1 Å². The van der Waals surface area contributed by atoms with Gasteiger partial charge >= 0.3 is 0 Å². The van der Waals surface area contributed by atoms with Crippen LogP contribution in [-0.4, -0.2) is 35.8 Å². The van der Waals surface area contributed by atoms with Crippen LogP contribution in [0.5, 0.6) is 0 Å². The van der Waals surface area contributed by atoms with Crippen molar-refractivity contribution in [3.05, 3.63) is 53.6 Å². The maximum atomic E-state index is 13.1. The molecule has 2 aliphatic rings. The molecule has 0 radical (unpaired) electrons. The quantitative estimate of drug-likeness (QED) is 0.625. The van der Waals surface area contributed by atoms with Crippen LogP contribution in [0.15, 0.2) is 42.5 Å². The molecule has 1 fully saturated rings. The predicted octanol–water partition coefficient (Wildman–Crippen LogP) is 3.91. The summed E-state index contributed by atoms with van der Waals surface area (Å²) >= 11 is 0. The van der Waals surface area contributed by atoms with Crippen molar-refractivity contribution in [1.82, 2.24) is 5.32 Å². The number of para-hydroxylation sites is 2. The smallest absolute Gasteiger partial charge is 0.247 e. The van der Waals surface area contributed by atoms with E-state index in [1.165, 1.54) is 0 Å². The number of fused-ring (bicyclic) bond motifs is 1. The van der Waals surface area contributed by atoms with Gasteiger partial charge in [-0.25, -0.2) is 0 Å². The van der Waals surface area contributed by atoms with Crippen molar-refractivity contribution in [3.63, 3.8) is 0 Å². The van der Waals surface area contributed by atoms with Gasteiger partial charge in [-0.2, -0.15) is 0 Å². The molecule has 1 aliphatic heterocycles. The fourth-order valence-electron chi connectivity index (χ4n) is 4.83. The third-order valence-electron chi connectivity index (χ3n) is 6.61. The summed E-state index contributed by atoms with van der Waals surface area (Å²) < 4.78 is 0. The van der Waals surface area contributed by atoms with Crippen LogP contribution in [0.2, 0.25) is 0 Å². The molecule has 7 nitrogen and oxygen atoms in total. The first-order valence-electron chi connectivity index (χ1n) is 11.7. The van der Waals surface area contributed by atoms with Crippen molar-refractivity contribution in [2.24, 2.45) is 0 Å². The Bertz CT molecular complexity index is 1060. The molecular formula is C26H32N4O3. The van der Waals surface area contributed by atoms with Gasteiger partial charge in [-0.1, -0.05) is 42.7 Å². The highest BCUT2D eigenvalue weighted by atomic mass is 16.2. The Morgan fingerprint density at radius 3 is 2.58 bits per heavy atom. The van der Waals surface area contributed by atoms with Gasteiger partial charge in [-0.15, -0.1) is 0 Å². The Balaban J connectivity index is 1.56. The Morgan fingerprint density at radius 1 is 1.12 bits per heavy atom. The number of nitrogens with zero attached hydrogens (tertiary/aromatic N) is 1. The van der Waals surface area contributed by atoms with Crippen LogP contribution in [-0.2, 0) is 14.4 Å². The molecule has 3 N–H and O–H groups in total. The van der Waals surface area contributed by atoms with Crippen molar-refractivity contribution in [1.29, 1.82) is 0 Å². The number of carbonyl (C=O) groups excluding carboxylic acids is 3. The van der Waals surface area contributed by atoms with Crippen molar-refractivity contribution in [3.8, 4) is 0 Å². The van der Waals surface area contributed by atoms with E-state index in [0.717, 1.165) is 48.2 Å². The van der Waals surface area contributed by atoms with Crippen molar-refractivity contribution < 1.29 is 14.4 Å². The molecule has 0 saturated heterocycles. The number of hydrogen-bond donors (Lipinski definition) is 3. The van der Waals surface area contributed by atoms with Gasteiger partial charge in [0.1, 0.15) is 12.1 Å². The molecule has 0 bridgehead atoms. The minimum absolute atomic E-state index is 0.0610. The Morgan fingerprint density at radius 2 is 1.85 bits per heavy atom. The number of anilines is 3. The average molecular weight is 449 g/mol. The minimum Gasteiger partial charge on any atom is -0.352 e. The number of aryl methyl sites for hydroxylation is 2. The molecule has 1 aliphatic carbocycles. The van der Waals surface area contributed by atoms with Crippen LogP contribution >= 0.6 is 0 Å². The zero-order chi connectivity index (χ0) is 23.5. The van der Waals surface area contributed by atoms with Gasteiger partial charge in [0.2, 0.25) is 17.7 Å². The highest BCUT2D eigenvalue weighted by Gasteiger charge is 2.39. The summed E-state index contributed by atoms with van der Waals surface area (Å²) in [6.07, 6.45) is 4.15. The molecule has 4 rings (SSSR count). The molecule has 0 spiro atoms. The normalized spacial score (nSPS) is 18.9. The average Bonchev–Trinajstić information content (AvgIpc) is 3.29. The number of hydrogen-bond acceptors (Lipinski definition) is 4. The molecule has 174 valence electrons. The molecule has 2 aromatic rings. The third kappa shape index (κ3) is 5.02. The predicted molar refractivity (Wildman–Crippen MR) is 130 cm³/mol. The molecule has 3 amide bonds. The van der Waals surface area contributed by atoms with Crippen LogP contribution in [0.25, 0.3) is 0 Å². The van der Waals surface area contributed by atoms with Gasteiger partial charge in [-0.3, -0.25) is 14.4 Å². The SMILES string of the molecule is Cc1ccc(NC(=O)CC2C(=O)Nc3ccccc3N2C(C)C(=O)NC2CCCC2)c(C)c1. The van der Waals surface area contributed by atoms with E-state index in [-0.39, 0.29) is 30.2 Å². The highest BCUT2D eigenvalue weighted by Crippen LogP contribution is 2.35. The molecule has 2 aromatic carbocycles. The second kappa shape index (κ2) is 9.65. The summed E-state index contributed by atoms with van der Waals surface area (Å²) in [6.45, 7) is 5.74. The maximum absolute atomic E-state index is 13.1.